The molecule has 1 atom stereocenters. The zero-order chi connectivity index (χ0) is 30.7. The van der Waals surface area contributed by atoms with Gasteiger partial charge in [-0.1, -0.05) is 20.3 Å². The minimum Gasteiger partial charge on any atom is -0.465 e. The van der Waals surface area contributed by atoms with Gasteiger partial charge in [0, 0.05) is 84.4 Å². The summed E-state index contributed by atoms with van der Waals surface area (Å²) >= 11 is 0. The molecule has 0 bridgehead atoms. The van der Waals surface area contributed by atoms with E-state index in [9.17, 15) is 19.5 Å². The molecule has 43 heavy (non-hydrogen) atoms. The summed E-state index contributed by atoms with van der Waals surface area (Å²) in [4.78, 5) is 48.9. The van der Waals surface area contributed by atoms with Crippen LogP contribution in [0.1, 0.15) is 66.8 Å². The number of hydrogen-bond acceptors (Lipinski definition) is 5. The minimum atomic E-state index is -0.896. The first-order valence-electron chi connectivity index (χ1n) is 15.0. The van der Waals surface area contributed by atoms with Gasteiger partial charge in [-0.05, 0) is 74.2 Å². The number of H-pyrrole nitrogens is 1. The molecular formula is C33H40N6O4. The fraction of sp³-hybridized carbons (Fsp3) is 0.394. The van der Waals surface area contributed by atoms with E-state index >= 15 is 0 Å². The van der Waals surface area contributed by atoms with Gasteiger partial charge in [0.15, 0.2) is 0 Å². The molecule has 3 N–H and O–H groups in total. The number of aromatic amines is 1. The number of nitrogens with one attached hydrogen (secondary N) is 2. The third kappa shape index (κ3) is 6.28. The Morgan fingerprint density at radius 1 is 1.07 bits per heavy atom. The number of carbonyl (C=O) groups is 2. The van der Waals surface area contributed by atoms with E-state index in [-0.39, 0.29) is 24.1 Å². The number of aryl methyl sites for hydroxylation is 2. The number of anilines is 1. The summed E-state index contributed by atoms with van der Waals surface area (Å²) < 4.78 is 2.20. The molecule has 10 heteroatoms. The first-order chi connectivity index (χ1) is 20.7. The third-order valence-corrected chi connectivity index (χ3v) is 8.41. The highest BCUT2D eigenvalue weighted by Gasteiger charge is 2.22. The quantitative estimate of drug-likeness (QED) is 0.244. The molecule has 0 saturated carbocycles. The average Bonchev–Trinajstić information content (AvgIpc) is 3.44. The highest BCUT2D eigenvalue weighted by atomic mass is 16.4. The number of carbonyl (C=O) groups excluding carboxylic acids is 1. The van der Waals surface area contributed by atoms with Gasteiger partial charge >= 0.3 is 6.09 Å². The van der Waals surface area contributed by atoms with E-state index in [1.165, 1.54) is 4.90 Å². The predicted octanol–water partition coefficient (Wildman–Crippen LogP) is 5.35. The molecule has 0 radical (unpaired) electrons. The summed E-state index contributed by atoms with van der Waals surface area (Å²) in [6.45, 7) is 10.4. The summed E-state index contributed by atoms with van der Waals surface area (Å²) in [6, 6.07) is 12.2. The maximum atomic E-state index is 13.7. The van der Waals surface area contributed by atoms with Gasteiger partial charge in [0.2, 0.25) is 0 Å². The standard InChI is InChI=1S/C33H40N6O4/c1-5-7-23-16-21(3)36-32(41)28(23)20-35-31(40)27-17-25(18-29-26(27)10-11-39(29)22(4)6-2)24-8-9-30(34-19-24)37-12-14-38(15-13-37)33(42)43/h8-11,16-19,22H,5-7,12-15,20H2,1-4H3,(H,35,40)(H,36,41)(H,42,43). The topological polar surface area (TPSA) is 124 Å². The molecule has 4 heterocycles. The SMILES string of the molecule is CCCc1cc(C)[nH]c(=O)c1CNC(=O)c1cc(-c2ccc(N3CCN(C(=O)O)CC3)nc2)cc2c1ccn2C(C)CC. The lowest BCUT2D eigenvalue weighted by atomic mass is 10.00. The van der Waals surface area contributed by atoms with E-state index in [0.717, 1.165) is 58.4 Å². The van der Waals surface area contributed by atoms with Crippen LogP contribution in [-0.4, -0.2) is 62.7 Å². The summed E-state index contributed by atoms with van der Waals surface area (Å²) in [5.74, 6) is 0.555. The van der Waals surface area contributed by atoms with Crippen molar-refractivity contribution in [1.82, 2.24) is 24.8 Å². The molecule has 1 unspecified atom stereocenters. The van der Waals surface area contributed by atoms with Crippen LogP contribution in [0.3, 0.4) is 0 Å². The van der Waals surface area contributed by atoms with Crippen LogP contribution in [0.4, 0.5) is 10.6 Å². The molecule has 10 nitrogen and oxygen atoms in total. The maximum Gasteiger partial charge on any atom is 0.407 e. The Kier molecular flexibility index (Phi) is 8.84. The van der Waals surface area contributed by atoms with Crippen molar-refractivity contribution in [2.75, 3.05) is 31.1 Å². The number of amides is 2. The number of aromatic nitrogens is 3. The monoisotopic (exact) mass is 584 g/mol. The number of fused-ring (bicyclic) bond motifs is 1. The number of carboxylic acid groups (broad SMARTS) is 1. The van der Waals surface area contributed by atoms with Crippen molar-refractivity contribution in [2.45, 2.75) is 59.5 Å². The first-order valence-corrected chi connectivity index (χ1v) is 15.0. The molecule has 0 spiro atoms. The molecule has 1 aromatic carbocycles. The summed E-state index contributed by atoms with van der Waals surface area (Å²) in [6.07, 6.45) is 5.56. The Bertz CT molecular complexity index is 1680. The second-order valence-corrected chi connectivity index (χ2v) is 11.3. The van der Waals surface area contributed by atoms with Crippen LogP contribution in [-0.2, 0) is 13.0 Å². The van der Waals surface area contributed by atoms with E-state index in [4.69, 9.17) is 4.98 Å². The summed E-state index contributed by atoms with van der Waals surface area (Å²) in [5, 5.41) is 13.1. The minimum absolute atomic E-state index is 0.146. The molecule has 1 aliphatic heterocycles. The second-order valence-electron chi connectivity index (χ2n) is 11.3. The smallest absolute Gasteiger partial charge is 0.407 e. The lowest BCUT2D eigenvalue weighted by molar-refractivity contribution is 0.0952. The Morgan fingerprint density at radius 2 is 1.84 bits per heavy atom. The van der Waals surface area contributed by atoms with E-state index in [1.54, 1.807) is 6.20 Å². The van der Waals surface area contributed by atoms with Crippen LogP contribution >= 0.6 is 0 Å². The van der Waals surface area contributed by atoms with Crippen LogP contribution in [0.15, 0.2) is 53.6 Å². The number of nitrogens with zero attached hydrogens (tertiary/aromatic N) is 4. The molecule has 1 aliphatic rings. The molecular weight excluding hydrogens is 544 g/mol. The molecule has 226 valence electrons. The van der Waals surface area contributed by atoms with Crippen molar-refractivity contribution in [3.63, 3.8) is 0 Å². The maximum absolute atomic E-state index is 13.7. The van der Waals surface area contributed by atoms with Crippen LogP contribution in [0.2, 0.25) is 0 Å². The Labute approximate surface area is 251 Å². The number of benzene rings is 1. The predicted molar refractivity (Wildman–Crippen MR) is 169 cm³/mol. The summed E-state index contributed by atoms with van der Waals surface area (Å²) in [5.41, 5.74) is 5.45. The van der Waals surface area contributed by atoms with Gasteiger partial charge in [-0.2, -0.15) is 0 Å². The van der Waals surface area contributed by atoms with Crippen molar-refractivity contribution in [3.05, 3.63) is 81.5 Å². The number of piperazine rings is 1. The van der Waals surface area contributed by atoms with Gasteiger partial charge in [0.1, 0.15) is 5.82 Å². The third-order valence-electron chi connectivity index (χ3n) is 8.41. The largest absolute Gasteiger partial charge is 0.465 e. The van der Waals surface area contributed by atoms with Gasteiger partial charge in [0.05, 0.1) is 0 Å². The number of rotatable bonds is 9. The lowest BCUT2D eigenvalue weighted by Crippen LogP contribution is -2.48. The number of hydrogen-bond donors (Lipinski definition) is 3. The van der Waals surface area contributed by atoms with E-state index in [2.05, 4.69) is 46.6 Å². The normalized spacial score (nSPS) is 14.2. The van der Waals surface area contributed by atoms with Gasteiger partial charge in [-0.3, -0.25) is 9.59 Å². The zero-order valence-electron chi connectivity index (χ0n) is 25.3. The zero-order valence-corrected chi connectivity index (χ0v) is 25.3. The van der Waals surface area contributed by atoms with Crippen LogP contribution < -0.4 is 15.8 Å². The Hall–Kier alpha value is -4.60. The van der Waals surface area contributed by atoms with Crippen LogP contribution in [0.25, 0.3) is 22.0 Å². The molecule has 0 aliphatic carbocycles. The lowest BCUT2D eigenvalue weighted by Gasteiger charge is -2.33. The Balaban J connectivity index is 1.46. The van der Waals surface area contributed by atoms with Gasteiger partial charge < -0.3 is 29.8 Å². The molecule has 4 aromatic rings. The van der Waals surface area contributed by atoms with Gasteiger partial charge in [-0.25, -0.2) is 9.78 Å². The fourth-order valence-electron chi connectivity index (χ4n) is 5.80. The Morgan fingerprint density at radius 3 is 2.49 bits per heavy atom. The van der Waals surface area contributed by atoms with Crippen molar-refractivity contribution in [1.29, 1.82) is 0 Å². The molecule has 2 amide bonds. The molecule has 1 fully saturated rings. The molecule has 3 aromatic heterocycles. The van der Waals surface area contributed by atoms with Crippen molar-refractivity contribution in [3.8, 4) is 11.1 Å². The molecule has 5 rings (SSSR count). The highest BCUT2D eigenvalue weighted by Crippen LogP contribution is 2.31. The van der Waals surface area contributed by atoms with Gasteiger partial charge in [-0.15, -0.1) is 0 Å². The average molecular weight is 585 g/mol. The molecule has 1 saturated heterocycles. The second kappa shape index (κ2) is 12.7. The fourth-order valence-corrected chi connectivity index (χ4v) is 5.80. The van der Waals surface area contributed by atoms with Crippen LogP contribution in [0.5, 0.6) is 0 Å². The van der Waals surface area contributed by atoms with Gasteiger partial charge in [0.25, 0.3) is 11.5 Å². The van der Waals surface area contributed by atoms with Crippen molar-refractivity contribution in [2.24, 2.45) is 0 Å². The van der Waals surface area contributed by atoms with Crippen molar-refractivity contribution >= 4 is 28.7 Å². The highest BCUT2D eigenvalue weighted by molar-refractivity contribution is 6.08. The number of pyridine rings is 2. The summed E-state index contributed by atoms with van der Waals surface area (Å²) in [7, 11) is 0. The van der Waals surface area contributed by atoms with E-state index in [1.807, 2.05) is 43.5 Å². The van der Waals surface area contributed by atoms with Crippen molar-refractivity contribution < 1.29 is 14.7 Å². The van der Waals surface area contributed by atoms with Crippen LogP contribution in [0, 0.1) is 6.92 Å². The van der Waals surface area contributed by atoms with E-state index < -0.39 is 6.09 Å². The first kappa shape index (κ1) is 29.9. The van der Waals surface area contributed by atoms with E-state index in [0.29, 0.717) is 37.3 Å².